The van der Waals surface area contributed by atoms with Gasteiger partial charge in [0.2, 0.25) is 0 Å². The SMILES string of the molecule is COC(=O)C(CC=C=C(C)C)(Cc1cc2ccccc2n1C)C(=O)OC. The maximum Gasteiger partial charge on any atom is 0.323 e. The third-order valence-electron chi connectivity index (χ3n) is 4.53. The fourth-order valence-corrected chi connectivity index (χ4v) is 3.11. The lowest BCUT2D eigenvalue weighted by Crippen LogP contribution is -2.43. The topological polar surface area (TPSA) is 57.5 Å². The number of carbonyl (C=O) groups is 2. The van der Waals surface area contributed by atoms with Gasteiger partial charge in [0.05, 0.1) is 14.2 Å². The molecular formula is C21H25NO4. The van der Waals surface area contributed by atoms with Gasteiger partial charge in [0.1, 0.15) is 0 Å². The fraction of sp³-hybridized carbons (Fsp3) is 0.381. The monoisotopic (exact) mass is 355 g/mol. The number of hydrogen-bond donors (Lipinski definition) is 0. The van der Waals surface area contributed by atoms with Crippen molar-refractivity contribution in [3.05, 3.63) is 53.4 Å². The molecule has 2 rings (SSSR count). The zero-order valence-electron chi connectivity index (χ0n) is 16.0. The van der Waals surface area contributed by atoms with Crippen molar-refractivity contribution in [2.75, 3.05) is 14.2 Å². The van der Waals surface area contributed by atoms with E-state index < -0.39 is 17.4 Å². The summed E-state index contributed by atoms with van der Waals surface area (Å²) in [6, 6.07) is 9.90. The highest BCUT2D eigenvalue weighted by molar-refractivity contribution is 6.00. The molecule has 1 heterocycles. The maximum atomic E-state index is 12.7. The van der Waals surface area contributed by atoms with Gasteiger partial charge in [-0.15, -0.1) is 5.73 Å². The molecule has 0 unspecified atom stereocenters. The van der Waals surface area contributed by atoms with E-state index in [2.05, 4.69) is 5.73 Å². The Balaban J connectivity index is 2.57. The highest BCUT2D eigenvalue weighted by Crippen LogP contribution is 2.33. The summed E-state index contributed by atoms with van der Waals surface area (Å²) in [5.74, 6) is -1.22. The Kier molecular flexibility index (Phi) is 6.06. The average Bonchev–Trinajstić information content (AvgIpc) is 2.95. The summed E-state index contributed by atoms with van der Waals surface area (Å²) in [6.45, 7) is 3.80. The molecule has 5 nitrogen and oxygen atoms in total. The number of fused-ring (bicyclic) bond motifs is 1. The van der Waals surface area contributed by atoms with E-state index in [9.17, 15) is 9.59 Å². The van der Waals surface area contributed by atoms with Crippen LogP contribution in [0.3, 0.4) is 0 Å². The third-order valence-corrected chi connectivity index (χ3v) is 4.53. The molecule has 0 fully saturated rings. The Bertz CT molecular complexity index is 865. The van der Waals surface area contributed by atoms with Gasteiger partial charge in [0, 0.05) is 31.1 Å². The van der Waals surface area contributed by atoms with Crippen LogP contribution in [0.2, 0.25) is 0 Å². The first-order valence-corrected chi connectivity index (χ1v) is 8.44. The number of nitrogens with zero attached hydrogens (tertiary/aromatic N) is 1. The number of aryl methyl sites for hydroxylation is 1. The molecule has 1 aromatic carbocycles. The van der Waals surface area contributed by atoms with Crippen molar-refractivity contribution in [3.8, 4) is 0 Å². The molecule has 0 aliphatic heterocycles. The van der Waals surface area contributed by atoms with Crippen LogP contribution in [-0.2, 0) is 32.5 Å². The molecule has 26 heavy (non-hydrogen) atoms. The molecular weight excluding hydrogens is 330 g/mol. The number of allylic oxidation sites excluding steroid dienone is 1. The molecule has 0 bridgehead atoms. The second-order valence-corrected chi connectivity index (χ2v) is 6.55. The van der Waals surface area contributed by atoms with E-state index in [1.807, 2.05) is 55.8 Å². The van der Waals surface area contributed by atoms with E-state index >= 15 is 0 Å². The van der Waals surface area contributed by atoms with Gasteiger partial charge in [-0.2, -0.15) is 0 Å². The van der Waals surface area contributed by atoms with E-state index in [4.69, 9.17) is 9.47 Å². The van der Waals surface area contributed by atoms with Crippen LogP contribution in [0.5, 0.6) is 0 Å². The Morgan fingerprint density at radius 3 is 2.31 bits per heavy atom. The number of benzene rings is 1. The lowest BCUT2D eigenvalue weighted by Gasteiger charge is -2.27. The van der Waals surface area contributed by atoms with E-state index in [0.29, 0.717) is 0 Å². The zero-order chi connectivity index (χ0) is 19.3. The van der Waals surface area contributed by atoms with Crippen molar-refractivity contribution in [2.45, 2.75) is 26.7 Å². The molecule has 5 heteroatoms. The first-order valence-electron chi connectivity index (χ1n) is 8.44. The fourth-order valence-electron chi connectivity index (χ4n) is 3.11. The van der Waals surface area contributed by atoms with Crippen molar-refractivity contribution < 1.29 is 19.1 Å². The smallest absolute Gasteiger partial charge is 0.323 e. The normalized spacial score (nSPS) is 11.0. The zero-order valence-corrected chi connectivity index (χ0v) is 16.0. The highest BCUT2D eigenvalue weighted by Gasteiger charge is 2.48. The van der Waals surface area contributed by atoms with Gasteiger partial charge in [-0.05, 0) is 43.0 Å². The summed E-state index contributed by atoms with van der Waals surface area (Å²) in [5.41, 5.74) is 4.45. The Hall–Kier alpha value is -2.78. The molecule has 0 saturated heterocycles. The van der Waals surface area contributed by atoms with Gasteiger partial charge < -0.3 is 14.0 Å². The minimum Gasteiger partial charge on any atom is -0.468 e. The third kappa shape index (κ3) is 3.73. The predicted octanol–water partition coefficient (Wildman–Crippen LogP) is 3.56. The predicted molar refractivity (Wildman–Crippen MR) is 101 cm³/mol. The van der Waals surface area contributed by atoms with Crippen molar-refractivity contribution in [2.24, 2.45) is 12.5 Å². The molecule has 0 amide bonds. The Morgan fingerprint density at radius 1 is 1.15 bits per heavy atom. The van der Waals surface area contributed by atoms with Gasteiger partial charge in [0.25, 0.3) is 0 Å². The molecule has 2 aromatic rings. The first-order chi connectivity index (χ1) is 12.4. The van der Waals surface area contributed by atoms with Gasteiger partial charge in [-0.1, -0.05) is 18.2 Å². The first kappa shape index (κ1) is 19.5. The number of esters is 2. The molecule has 0 spiro atoms. The van der Waals surface area contributed by atoms with E-state index in [-0.39, 0.29) is 12.8 Å². The Labute approximate surface area is 153 Å². The molecule has 0 radical (unpaired) electrons. The summed E-state index contributed by atoms with van der Waals surface area (Å²) in [7, 11) is 4.49. The van der Waals surface area contributed by atoms with Crippen molar-refractivity contribution in [1.82, 2.24) is 4.57 Å². The van der Waals surface area contributed by atoms with Crippen LogP contribution >= 0.6 is 0 Å². The molecule has 1 aromatic heterocycles. The lowest BCUT2D eigenvalue weighted by atomic mass is 9.79. The molecule has 0 aliphatic carbocycles. The van der Waals surface area contributed by atoms with Crippen LogP contribution in [0.4, 0.5) is 0 Å². The number of aromatic nitrogens is 1. The van der Waals surface area contributed by atoms with Gasteiger partial charge in [-0.25, -0.2) is 0 Å². The minimum absolute atomic E-state index is 0.152. The van der Waals surface area contributed by atoms with Crippen LogP contribution in [-0.4, -0.2) is 30.7 Å². The number of methoxy groups -OCH3 is 2. The number of ether oxygens (including phenoxy) is 2. The van der Waals surface area contributed by atoms with Crippen LogP contribution in [0.25, 0.3) is 10.9 Å². The highest BCUT2D eigenvalue weighted by atomic mass is 16.5. The summed E-state index contributed by atoms with van der Waals surface area (Å²) in [5, 5.41) is 1.05. The van der Waals surface area contributed by atoms with Gasteiger partial charge >= 0.3 is 11.9 Å². The van der Waals surface area contributed by atoms with Crippen molar-refractivity contribution in [3.63, 3.8) is 0 Å². The van der Waals surface area contributed by atoms with E-state index in [1.165, 1.54) is 14.2 Å². The van der Waals surface area contributed by atoms with Gasteiger partial charge in [0.15, 0.2) is 5.41 Å². The average molecular weight is 355 g/mol. The standard InChI is InChI=1S/C21H25NO4/c1-15(2)9-8-12-21(19(23)25-4,20(24)26-5)14-17-13-16-10-6-7-11-18(16)22(17)3/h6-8,10-11,13H,12,14H2,1-5H3. The summed E-state index contributed by atoms with van der Waals surface area (Å²) in [6.07, 6.45) is 2.03. The summed E-state index contributed by atoms with van der Waals surface area (Å²) in [4.78, 5) is 25.3. The second-order valence-electron chi connectivity index (χ2n) is 6.55. The molecule has 0 atom stereocenters. The number of para-hydroxylation sites is 1. The van der Waals surface area contributed by atoms with Crippen LogP contribution in [0, 0.1) is 5.41 Å². The van der Waals surface area contributed by atoms with Crippen LogP contribution < -0.4 is 0 Å². The summed E-state index contributed by atoms with van der Waals surface area (Å²) < 4.78 is 11.9. The quantitative estimate of drug-likeness (QED) is 0.452. The number of rotatable bonds is 6. The summed E-state index contributed by atoms with van der Waals surface area (Å²) >= 11 is 0. The minimum atomic E-state index is -1.45. The molecule has 0 N–H and O–H groups in total. The second kappa shape index (κ2) is 8.07. The van der Waals surface area contributed by atoms with Crippen LogP contribution in [0.15, 0.2) is 47.7 Å². The van der Waals surface area contributed by atoms with Gasteiger partial charge in [-0.3, -0.25) is 9.59 Å². The van der Waals surface area contributed by atoms with Crippen molar-refractivity contribution in [1.29, 1.82) is 0 Å². The molecule has 0 aliphatic rings. The van der Waals surface area contributed by atoms with Crippen molar-refractivity contribution >= 4 is 22.8 Å². The number of carbonyl (C=O) groups excluding carboxylic acids is 2. The largest absolute Gasteiger partial charge is 0.468 e. The van der Waals surface area contributed by atoms with E-state index in [0.717, 1.165) is 22.2 Å². The molecule has 138 valence electrons. The number of hydrogen-bond acceptors (Lipinski definition) is 4. The lowest BCUT2D eigenvalue weighted by molar-refractivity contribution is -0.169. The van der Waals surface area contributed by atoms with Crippen LogP contribution in [0.1, 0.15) is 26.0 Å². The Morgan fingerprint density at radius 2 is 1.77 bits per heavy atom. The molecule has 0 saturated carbocycles. The maximum absolute atomic E-state index is 12.7. The van der Waals surface area contributed by atoms with E-state index in [1.54, 1.807) is 6.08 Å².